The Labute approximate surface area is 161 Å². The first-order valence-corrected chi connectivity index (χ1v) is 9.53. The molecule has 3 aromatic rings. The number of hydrogen-bond acceptors (Lipinski definition) is 4. The van der Waals surface area contributed by atoms with Gasteiger partial charge >= 0.3 is 5.97 Å². The molecule has 5 nitrogen and oxygen atoms in total. The molecule has 0 saturated carbocycles. The van der Waals surface area contributed by atoms with Gasteiger partial charge in [-0.2, -0.15) is 0 Å². The molecule has 0 bridgehead atoms. The van der Waals surface area contributed by atoms with Gasteiger partial charge in [-0.3, -0.25) is 4.79 Å². The van der Waals surface area contributed by atoms with Crippen LogP contribution < -0.4 is 5.32 Å². The molecule has 0 radical (unpaired) electrons. The molecule has 0 fully saturated rings. The van der Waals surface area contributed by atoms with Crippen LogP contribution in [0.5, 0.6) is 0 Å². The molecule has 0 aliphatic carbocycles. The van der Waals surface area contributed by atoms with Gasteiger partial charge in [0.15, 0.2) is 5.54 Å². The molecular formula is C21H20N2O3S. The van der Waals surface area contributed by atoms with E-state index in [4.69, 9.17) is 0 Å². The van der Waals surface area contributed by atoms with E-state index in [0.717, 1.165) is 10.6 Å². The monoisotopic (exact) mass is 380 g/mol. The number of aliphatic carboxylic acids is 1. The van der Waals surface area contributed by atoms with Crippen LogP contribution in [0.3, 0.4) is 0 Å². The van der Waals surface area contributed by atoms with Crippen molar-refractivity contribution in [2.45, 2.75) is 25.3 Å². The lowest BCUT2D eigenvalue weighted by Crippen LogP contribution is -2.52. The van der Waals surface area contributed by atoms with Crippen molar-refractivity contribution in [2.75, 3.05) is 0 Å². The molecule has 0 saturated heterocycles. The van der Waals surface area contributed by atoms with Crippen molar-refractivity contribution in [1.29, 1.82) is 0 Å². The van der Waals surface area contributed by atoms with Crippen molar-refractivity contribution in [3.63, 3.8) is 0 Å². The van der Waals surface area contributed by atoms with E-state index in [1.807, 2.05) is 41.8 Å². The van der Waals surface area contributed by atoms with E-state index in [1.54, 1.807) is 31.2 Å². The van der Waals surface area contributed by atoms with Crippen LogP contribution in [0.2, 0.25) is 0 Å². The highest BCUT2D eigenvalue weighted by atomic mass is 32.1. The minimum absolute atomic E-state index is 0.0329. The first-order chi connectivity index (χ1) is 13.0. The van der Waals surface area contributed by atoms with Crippen molar-refractivity contribution in [3.8, 4) is 10.6 Å². The molecule has 1 amide bonds. The molecule has 1 aromatic heterocycles. The molecule has 138 valence electrons. The van der Waals surface area contributed by atoms with E-state index in [9.17, 15) is 14.7 Å². The summed E-state index contributed by atoms with van der Waals surface area (Å²) in [4.78, 5) is 29.1. The van der Waals surface area contributed by atoms with Gasteiger partial charge in [-0.1, -0.05) is 67.6 Å². The number of thiazole rings is 1. The number of benzene rings is 2. The number of carbonyl (C=O) groups is 2. The topological polar surface area (TPSA) is 79.3 Å². The molecule has 0 aliphatic heterocycles. The van der Waals surface area contributed by atoms with E-state index in [0.29, 0.717) is 11.3 Å². The van der Waals surface area contributed by atoms with Crippen molar-refractivity contribution in [1.82, 2.24) is 10.3 Å². The van der Waals surface area contributed by atoms with Crippen molar-refractivity contribution in [2.24, 2.45) is 0 Å². The summed E-state index contributed by atoms with van der Waals surface area (Å²) in [6, 6.07) is 18.5. The molecule has 6 heteroatoms. The van der Waals surface area contributed by atoms with Gasteiger partial charge in [0.05, 0.1) is 12.1 Å². The average molecular weight is 380 g/mol. The summed E-state index contributed by atoms with van der Waals surface area (Å²) in [6.45, 7) is 1.75. The summed E-state index contributed by atoms with van der Waals surface area (Å²) in [6.07, 6.45) is 0.273. The Balaban J connectivity index is 1.78. The maximum atomic E-state index is 12.6. The molecule has 2 aromatic carbocycles. The average Bonchev–Trinajstić information content (AvgIpc) is 3.15. The number of nitrogens with one attached hydrogen (secondary N) is 1. The molecule has 27 heavy (non-hydrogen) atoms. The summed E-state index contributed by atoms with van der Waals surface area (Å²) in [5.74, 6) is -1.44. The largest absolute Gasteiger partial charge is 0.479 e. The van der Waals surface area contributed by atoms with Crippen LogP contribution >= 0.6 is 11.3 Å². The van der Waals surface area contributed by atoms with Gasteiger partial charge in [0.1, 0.15) is 5.01 Å². The van der Waals surface area contributed by atoms with Crippen LogP contribution in [0.4, 0.5) is 0 Å². The zero-order valence-corrected chi connectivity index (χ0v) is 15.7. The lowest BCUT2D eigenvalue weighted by atomic mass is 9.87. The van der Waals surface area contributed by atoms with E-state index < -0.39 is 11.5 Å². The molecule has 3 rings (SSSR count). The predicted octanol–water partition coefficient (Wildman–Crippen LogP) is 3.86. The first kappa shape index (κ1) is 18.8. The van der Waals surface area contributed by atoms with Crippen molar-refractivity contribution >= 4 is 23.2 Å². The summed E-state index contributed by atoms with van der Waals surface area (Å²) in [5, 5.41) is 15.2. The third kappa shape index (κ3) is 4.06. The van der Waals surface area contributed by atoms with Crippen LogP contribution in [0.1, 0.15) is 24.6 Å². The van der Waals surface area contributed by atoms with Gasteiger partial charge in [-0.05, 0) is 12.0 Å². The number of nitrogens with zero attached hydrogens (tertiary/aromatic N) is 1. The van der Waals surface area contributed by atoms with Gasteiger partial charge < -0.3 is 10.4 Å². The van der Waals surface area contributed by atoms with Crippen LogP contribution in [-0.2, 0) is 21.5 Å². The van der Waals surface area contributed by atoms with Crippen molar-refractivity contribution in [3.05, 3.63) is 77.3 Å². The van der Waals surface area contributed by atoms with E-state index in [1.165, 1.54) is 11.3 Å². The number of carboxylic acids is 1. The molecule has 1 unspecified atom stereocenters. The first-order valence-electron chi connectivity index (χ1n) is 8.65. The van der Waals surface area contributed by atoms with E-state index in [-0.39, 0.29) is 18.7 Å². The number of amides is 1. The number of aromatic nitrogens is 1. The van der Waals surface area contributed by atoms with Crippen LogP contribution in [0, 0.1) is 0 Å². The zero-order valence-electron chi connectivity index (χ0n) is 14.9. The second-order valence-corrected chi connectivity index (χ2v) is 7.02. The Morgan fingerprint density at radius 2 is 1.70 bits per heavy atom. The molecule has 0 aliphatic rings. The zero-order chi connectivity index (χ0) is 19.3. The third-order valence-electron chi connectivity index (χ3n) is 4.43. The SMILES string of the molecule is CCC(NC(=O)Cc1csc(-c2ccccc2)n1)(C(=O)O)c1ccccc1. The summed E-state index contributed by atoms with van der Waals surface area (Å²) in [7, 11) is 0. The van der Waals surface area contributed by atoms with Gasteiger partial charge in [0.25, 0.3) is 0 Å². The van der Waals surface area contributed by atoms with Gasteiger partial charge in [-0.15, -0.1) is 11.3 Å². The smallest absolute Gasteiger partial charge is 0.334 e. The quantitative estimate of drug-likeness (QED) is 0.652. The highest BCUT2D eigenvalue weighted by Crippen LogP contribution is 2.27. The Morgan fingerprint density at radius 1 is 1.07 bits per heavy atom. The minimum atomic E-state index is -1.45. The molecule has 0 spiro atoms. The molecule has 2 N–H and O–H groups in total. The van der Waals surface area contributed by atoms with Gasteiger partial charge in [-0.25, -0.2) is 9.78 Å². The summed E-state index contributed by atoms with van der Waals surface area (Å²) >= 11 is 1.46. The van der Waals surface area contributed by atoms with Crippen LogP contribution in [0.15, 0.2) is 66.0 Å². The van der Waals surface area contributed by atoms with E-state index >= 15 is 0 Å². The standard InChI is InChI=1S/C21H20N2O3S/c1-2-21(20(25)26,16-11-7-4-8-12-16)23-18(24)13-17-14-27-19(22-17)15-9-5-3-6-10-15/h3-12,14H,2,13H2,1H3,(H,23,24)(H,25,26). The predicted molar refractivity (Wildman–Crippen MR) is 105 cm³/mol. The Hall–Kier alpha value is -2.99. The fourth-order valence-corrected chi connectivity index (χ4v) is 3.79. The number of rotatable bonds is 7. The number of carboxylic acid groups (broad SMARTS) is 1. The van der Waals surface area contributed by atoms with E-state index in [2.05, 4.69) is 10.3 Å². The molecular weight excluding hydrogens is 360 g/mol. The highest BCUT2D eigenvalue weighted by Gasteiger charge is 2.40. The fourth-order valence-electron chi connectivity index (χ4n) is 2.96. The Morgan fingerprint density at radius 3 is 2.30 bits per heavy atom. The van der Waals surface area contributed by atoms with Crippen molar-refractivity contribution < 1.29 is 14.7 Å². The maximum absolute atomic E-state index is 12.6. The number of carbonyl (C=O) groups excluding carboxylic acids is 1. The maximum Gasteiger partial charge on any atom is 0.334 e. The number of hydrogen-bond donors (Lipinski definition) is 2. The van der Waals surface area contributed by atoms with Crippen LogP contribution in [-0.4, -0.2) is 22.0 Å². The normalized spacial score (nSPS) is 12.9. The second kappa shape index (κ2) is 8.14. The van der Waals surface area contributed by atoms with Gasteiger partial charge in [0, 0.05) is 10.9 Å². The molecule has 1 heterocycles. The van der Waals surface area contributed by atoms with Gasteiger partial charge in [0.2, 0.25) is 5.91 Å². The Bertz CT molecular complexity index is 925. The lowest BCUT2D eigenvalue weighted by molar-refractivity contribution is -0.148. The molecule has 1 atom stereocenters. The fraction of sp³-hybridized carbons (Fsp3) is 0.190. The highest BCUT2D eigenvalue weighted by molar-refractivity contribution is 7.13. The Kier molecular flexibility index (Phi) is 5.66. The van der Waals surface area contributed by atoms with Crippen LogP contribution in [0.25, 0.3) is 10.6 Å². The summed E-state index contributed by atoms with van der Waals surface area (Å²) in [5.41, 5.74) is 0.722. The summed E-state index contributed by atoms with van der Waals surface area (Å²) < 4.78 is 0. The second-order valence-electron chi connectivity index (χ2n) is 6.17. The minimum Gasteiger partial charge on any atom is -0.479 e. The third-order valence-corrected chi connectivity index (χ3v) is 5.37. The lowest BCUT2D eigenvalue weighted by Gasteiger charge is -2.30.